The topological polar surface area (TPSA) is 49.4 Å². The Morgan fingerprint density at radius 3 is 2.67 bits per heavy atom. The number of amides is 2. The van der Waals surface area contributed by atoms with Gasteiger partial charge in [0.2, 0.25) is 5.91 Å². The predicted octanol–water partition coefficient (Wildman–Crippen LogP) is 5.82. The Morgan fingerprint density at radius 1 is 1.13 bits per heavy atom. The number of nitrogens with zero attached hydrogens (tertiary/aromatic N) is 1. The molecule has 1 heterocycles. The van der Waals surface area contributed by atoms with Crippen LogP contribution in [0.3, 0.4) is 0 Å². The van der Waals surface area contributed by atoms with Crippen LogP contribution in [-0.4, -0.2) is 17.6 Å². The van der Waals surface area contributed by atoms with Crippen molar-refractivity contribution in [3.63, 3.8) is 0 Å². The normalized spacial score (nSPS) is 16.0. The van der Waals surface area contributed by atoms with Gasteiger partial charge in [0.15, 0.2) is 0 Å². The predicted molar refractivity (Wildman–Crippen MR) is 120 cm³/mol. The maximum Gasteiger partial charge on any atom is 0.257 e. The fourth-order valence-corrected chi connectivity index (χ4v) is 4.81. The maximum absolute atomic E-state index is 14.6. The van der Waals surface area contributed by atoms with E-state index in [-0.39, 0.29) is 23.3 Å². The summed E-state index contributed by atoms with van der Waals surface area (Å²) in [6.45, 7) is 1.85. The molecular weight excluding hydrogens is 423 g/mol. The van der Waals surface area contributed by atoms with Gasteiger partial charge in [-0.25, -0.2) is 4.39 Å². The van der Waals surface area contributed by atoms with Crippen LogP contribution in [0.25, 0.3) is 0 Å². The monoisotopic (exact) mass is 440 g/mol. The first-order chi connectivity index (χ1) is 14.5. The second kappa shape index (κ2) is 8.50. The van der Waals surface area contributed by atoms with Crippen molar-refractivity contribution in [3.8, 4) is 0 Å². The lowest BCUT2D eigenvalue weighted by atomic mass is 10.1. The summed E-state index contributed by atoms with van der Waals surface area (Å²) in [5.41, 5.74) is 2.71. The highest BCUT2D eigenvalue weighted by atomic mass is 35.5. The molecule has 3 aromatic carbocycles. The highest BCUT2D eigenvalue weighted by Gasteiger charge is 2.37. The molecule has 1 fully saturated rings. The minimum absolute atomic E-state index is 0.179. The van der Waals surface area contributed by atoms with Gasteiger partial charge in [0.25, 0.3) is 5.91 Å². The first kappa shape index (κ1) is 20.4. The summed E-state index contributed by atoms with van der Waals surface area (Å²) in [5, 5.41) is 2.78. The Balaban J connectivity index is 1.71. The maximum atomic E-state index is 14.6. The zero-order valence-electron chi connectivity index (χ0n) is 16.1. The average Bonchev–Trinajstić information content (AvgIpc) is 3.11. The van der Waals surface area contributed by atoms with Crippen LogP contribution < -0.4 is 10.2 Å². The van der Waals surface area contributed by atoms with Crippen LogP contribution in [0.1, 0.15) is 26.9 Å². The third-order valence-corrected chi connectivity index (χ3v) is 6.35. The van der Waals surface area contributed by atoms with E-state index in [1.54, 1.807) is 48.5 Å². The Kier molecular flexibility index (Phi) is 5.79. The Labute approximate surface area is 183 Å². The third kappa shape index (κ3) is 3.93. The van der Waals surface area contributed by atoms with Crippen LogP contribution in [0.15, 0.2) is 66.7 Å². The minimum Gasteiger partial charge on any atom is -0.322 e. The SMILES string of the molecule is Cc1ccc(F)c(N2C(=O)CS[C@@H]2c2ccccc2NC(=O)c2ccccc2Cl)c1. The van der Waals surface area contributed by atoms with Crippen LogP contribution in [0, 0.1) is 12.7 Å². The number of hydrogen-bond donors (Lipinski definition) is 1. The van der Waals surface area contributed by atoms with Crippen LogP contribution >= 0.6 is 23.4 Å². The van der Waals surface area contributed by atoms with E-state index in [1.165, 1.54) is 22.7 Å². The summed E-state index contributed by atoms with van der Waals surface area (Å²) < 4.78 is 14.6. The molecule has 1 N–H and O–H groups in total. The van der Waals surface area contributed by atoms with Crippen molar-refractivity contribution in [2.75, 3.05) is 16.0 Å². The molecule has 0 unspecified atom stereocenters. The molecule has 3 aromatic rings. The molecule has 1 aliphatic rings. The highest BCUT2D eigenvalue weighted by Crippen LogP contribution is 2.45. The van der Waals surface area contributed by atoms with E-state index >= 15 is 0 Å². The van der Waals surface area contributed by atoms with Gasteiger partial charge in [-0.3, -0.25) is 14.5 Å². The molecule has 7 heteroatoms. The lowest BCUT2D eigenvalue weighted by Crippen LogP contribution is -2.29. The van der Waals surface area contributed by atoms with Gasteiger partial charge in [-0.15, -0.1) is 11.8 Å². The average molecular weight is 441 g/mol. The summed E-state index contributed by atoms with van der Waals surface area (Å²) in [4.78, 5) is 26.9. The highest BCUT2D eigenvalue weighted by molar-refractivity contribution is 8.00. The van der Waals surface area contributed by atoms with E-state index in [0.717, 1.165) is 11.1 Å². The lowest BCUT2D eigenvalue weighted by Gasteiger charge is -2.26. The number of rotatable bonds is 4. The van der Waals surface area contributed by atoms with Gasteiger partial charge in [-0.1, -0.05) is 48.0 Å². The smallest absolute Gasteiger partial charge is 0.257 e. The third-order valence-electron chi connectivity index (χ3n) is 4.82. The van der Waals surface area contributed by atoms with E-state index in [0.29, 0.717) is 16.3 Å². The molecule has 30 heavy (non-hydrogen) atoms. The standard InChI is InChI=1S/C23H18ClFN2O2S/c1-14-10-11-18(25)20(12-14)27-21(28)13-30-23(27)16-7-3-5-9-19(16)26-22(29)15-6-2-4-8-17(15)24/h2-12,23H,13H2,1H3,(H,26,29)/t23-/m1/s1. The van der Waals surface area contributed by atoms with Gasteiger partial charge >= 0.3 is 0 Å². The van der Waals surface area contributed by atoms with Crippen molar-refractivity contribution in [1.82, 2.24) is 0 Å². The van der Waals surface area contributed by atoms with Gasteiger partial charge in [0.1, 0.15) is 11.2 Å². The molecule has 0 aromatic heterocycles. The Hall–Kier alpha value is -2.83. The van der Waals surface area contributed by atoms with Crippen molar-refractivity contribution < 1.29 is 14.0 Å². The number of nitrogens with one attached hydrogen (secondary N) is 1. The molecular formula is C23H18ClFN2O2S. The Morgan fingerprint density at radius 2 is 1.87 bits per heavy atom. The van der Waals surface area contributed by atoms with Gasteiger partial charge < -0.3 is 5.32 Å². The number of carbonyl (C=O) groups is 2. The Bertz CT molecular complexity index is 1140. The second-order valence-corrected chi connectivity index (χ2v) is 8.38. The molecule has 0 spiro atoms. The number of carbonyl (C=O) groups excluding carboxylic acids is 2. The van der Waals surface area contributed by atoms with Gasteiger partial charge in [-0.2, -0.15) is 0 Å². The number of thioether (sulfide) groups is 1. The second-order valence-electron chi connectivity index (χ2n) is 6.90. The van der Waals surface area contributed by atoms with E-state index < -0.39 is 11.2 Å². The van der Waals surface area contributed by atoms with Crippen molar-refractivity contribution in [3.05, 3.63) is 94.3 Å². The van der Waals surface area contributed by atoms with E-state index in [4.69, 9.17) is 11.6 Å². The number of halogens is 2. The summed E-state index contributed by atoms with van der Waals surface area (Å²) in [5.74, 6) is -0.762. The fourth-order valence-electron chi connectivity index (χ4n) is 3.38. The van der Waals surface area contributed by atoms with Gasteiger partial charge in [0, 0.05) is 11.3 Å². The molecule has 2 amide bonds. The zero-order valence-corrected chi connectivity index (χ0v) is 17.6. The summed E-state index contributed by atoms with van der Waals surface area (Å²) >= 11 is 7.54. The molecule has 0 radical (unpaired) electrons. The summed E-state index contributed by atoms with van der Waals surface area (Å²) in [6.07, 6.45) is 0. The first-order valence-electron chi connectivity index (χ1n) is 9.30. The molecule has 1 saturated heterocycles. The van der Waals surface area contributed by atoms with E-state index in [1.807, 2.05) is 19.1 Å². The molecule has 1 atom stereocenters. The van der Waals surface area contributed by atoms with Crippen LogP contribution in [-0.2, 0) is 4.79 Å². The van der Waals surface area contributed by atoms with Crippen molar-refractivity contribution in [2.45, 2.75) is 12.3 Å². The van der Waals surface area contributed by atoms with E-state index in [9.17, 15) is 14.0 Å². The number of para-hydroxylation sites is 1. The van der Waals surface area contributed by atoms with Crippen molar-refractivity contribution in [2.24, 2.45) is 0 Å². The summed E-state index contributed by atoms with van der Waals surface area (Å²) in [7, 11) is 0. The van der Waals surface area contributed by atoms with Crippen LogP contribution in [0.5, 0.6) is 0 Å². The first-order valence-corrected chi connectivity index (χ1v) is 10.7. The van der Waals surface area contributed by atoms with Crippen molar-refractivity contribution >= 4 is 46.6 Å². The molecule has 0 bridgehead atoms. The minimum atomic E-state index is -0.462. The number of aryl methyl sites for hydroxylation is 1. The molecule has 152 valence electrons. The molecule has 4 nitrogen and oxygen atoms in total. The van der Waals surface area contributed by atoms with Crippen LogP contribution in [0.4, 0.5) is 15.8 Å². The van der Waals surface area contributed by atoms with Crippen molar-refractivity contribution in [1.29, 1.82) is 0 Å². The van der Waals surface area contributed by atoms with Gasteiger partial charge in [0.05, 0.1) is 22.0 Å². The molecule has 0 saturated carbocycles. The molecule has 1 aliphatic heterocycles. The van der Waals surface area contributed by atoms with Crippen LogP contribution in [0.2, 0.25) is 5.02 Å². The lowest BCUT2D eigenvalue weighted by molar-refractivity contribution is -0.115. The van der Waals surface area contributed by atoms with Gasteiger partial charge in [-0.05, 0) is 42.8 Å². The zero-order chi connectivity index (χ0) is 21.3. The van der Waals surface area contributed by atoms with E-state index in [2.05, 4.69) is 5.32 Å². The quantitative estimate of drug-likeness (QED) is 0.556. The molecule has 0 aliphatic carbocycles. The number of hydrogen-bond acceptors (Lipinski definition) is 3. The molecule has 4 rings (SSSR count). The number of benzene rings is 3. The fraction of sp³-hybridized carbons (Fsp3) is 0.130. The summed E-state index contributed by atoms with van der Waals surface area (Å²) in [6, 6.07) is 18.7. The number of anilines is 2. The largest absolute Gasteiger partial charge is 0.322 e.